The maximum absolute atomic E-state index is 10.5. The fraction of sp³-hybridized carbons (Fsp3) is 1.00. The molecule has 0 aliphatic rings. The second-order valence-electron chi connectivity index (χ2n) is 4.92. The van der Waals surface area contributed by atoms with Crippen LogP contribution in [0.4, 0.5) is 0 Å². The molecule has 22 heavy (non-hydrogen) atoms. The van der Waals surface area contributed by atoms with E-state index in [0.717, 1.165) is 32.0 Å². The molecule has 0 aromatic rings. The Morgan fingerprint density at radius 2 is 1.41 bits per heavy atom. The van der Waals surface area contributed by atoms with Crippen LogP contribution in [0.1, 0.15) is 40.0 Å². The highest BCUT2D eigenvalue weighted by molar-refractivity contribution is 7.85. The highest BCUT2D eigenvalue weighted by atomic mass is 32.2. The van der Waals surface area contributed by atoms with Gasteiger partial charge in [-0.2, -0.15) is 0 Å². The number of hydrogen-bond acceptors (Lipinski definition) is 6. The Balaban J connectivity index is 3.88. The lowest BCUT2D eigenvalue weighted by Gasteiger charge is -2.28. The minimum atomic E-state index is -4.07. The van der Waals surface area contributed by atoms with E-state index in [1.54, 1.807) is 0 Å². The first-order valence-corrected chi connectivity index (χ1v) is 11.6. The third kappa shape index (κ3) is 11.5. The van der Waals surface area contributed by atoms with Crippen molar-refractivity contribution < 1.29 is 31.6 Å². The number of quaternary nitrogens is 1. The summed E-state index contributed by atoms with van der Waals surface area (Å²) in [6.07, 6.45) is 2.08. The van der Waals surface area contributed by atoms with Gasteiger partial charge in [0.15, 0.2) is 0 Å². The molecule has 0 rings (SSSR count). The van der Waals surface area contributed by atoms with Crippen LogP contribution in [0.3, 0.4) is 0 Å². The summed E-state index contributed by atoms with van der Waals surface area (Å²) in [7, 11) is -6.60. The van der Waals surface area contributed by atoms with Crippen LogP contribution in [0.2, 0.25) is 6.04 Å². The van der Waals surface area contributed by atoms with Gasteiger partial charge in [-0.15, -0.1) is 0 Å². The molecule has 0 aliphatic heterocycles. The van der Waals surface area contributed by atoms with Gasteiger partial charge in [-0.3, -0.25) is 0 Å². The highest BCUT2D eigenvalue weighted by Crippen LogP contribution is 2.17. The van der Waals surface area contributed by atoms with Crippen LogP contribution in [0, 0.1) is 0 Å². The lowest BCUT2D eigenvalue weighted by molar-refractivity contribution is -0.655. The Morgan fingerprint density at radius 1 is 0.909 bits per heavy atom. The summed E-state index contributed by atoms with van der Waals surface area (Å²) < 4.78 is 48.7. The molecule has 0 spiro atoms. The first-order valence-electron chi connectivity index (χ1n) is 8.06. The Hall–Kier alpha value is -0.0331. The molecule has 0 atom stereocenters. The first-order chi connectivity index (χ1) is 10.4. The highest BCUT2D eigenvalue weighted by Gasteiger charge is 2.39. The molecule has 134 valence electrons. The minimum absolute atomic E-state index is 0.268. The number of unbranched alkanes of at least 4 members (excludes halogenated alkanes) is 1. The van der Waals surface area contributed by atoms with Crippen LogP contribution >= 0.6 is 0 Å². The second kappa shape index (κ2) is 12.4. The monoisotopic (exact) mass is 357 g/mol. The molecule has 0 fully saturated rings. The van der Waals surface area contributed by atoms with E-state index < -0.39 is 18.9 Å². The lowest BCUT2D eigenvalue weighted by Crippen LogP contribution is -2.84. The fourth-order valence-corrected chi connectivity index (χ4v) is 5.37. The molecular formula is C13H31NO6SSi. The Kier molecular flexibility index (Phi) is 12.4. The van der Waals surface area contributed by atoms with Crippen LogP contribution in [0.5, 0.6) is 0 Å². The van der Waals surface area contributed by atoms with Crippen LogP contribution in [0.25, 0.3) is 0 Å². The topological polar surface area (TPSA) is 102 Å². The van der Waals surface area contributed by atoms with Crippen molar-refractivity contribution in [3.05, 3.63) is 0 Å². The van der Waals surface area contributed by atoms with Gasteiger partial charge in [0.05, 0.1) is 23.2 Å². The first kappa shape index (κ1) is 22.0. The molecule has 0 radical (unpaired) electrons. The average molecular weight is 358 g/mol. The van der Waals surface area contributed by atoms with Gasteiger partial charge in [-0.25, -0.2) is 8.42 Å². The van der Waals surface area contributed by atoms with Crippen molar-refractivity contribution in [2.24, 2.45) is 0 Å². The molecule has 0 saturated heterocycles. The number of hydrogen-bond donors (Lipinski definition) is 1. The summed E-state index contributed by atoms with van der Waals surface area (Å²) in [5.74, 6) is -0.268. The van der Waals surface area contributed by atoms with Crippen molar-refractivity contribution in [2.75, 3.05) is 38.7 Å². The molecule has 0 aliphatic carbocycles. The summed E-state index contributed by atoms with van der Waals surface area (Å²) in [6, 6.07) is 0.786. The van der Waals surface area contributed by atoms with E-state index in [1.165, 1.54) is 0 Å². The van der Waals surface area contributed by atoms with E-state index in [2.05, 4.69) is 5.32 Å². The molecule has 0 aromatic heterocycles. The van der Waals surface area contributed by atoms with E-state index >= 15 is 0 Å². The molecule has 0 amide bonds. The van der Waals surface area contributed by atoms with Crippen molar-refractivity contribution in [1.82, 2.24) is 0 Å². The molecule has 0 bridgehead atoms. The van der Waals surface area contributed by atoms with Gasteiger partial charge in [-0.05, 0) is 33.6 Å². The number of rotatable bonds is 15. The van der Waals surface area contributed by atoms with Crippen LogP contribution in [-0.2, 0) is 23.4 Å². The minimum Gasteiger partial charge on any atom is -0.748 e. The average Bonchev–Trinajstić information content (AvgIpc) is 2.41. The molecule has 0 aromatic carbocycles. The van der Waals surface area contributed by atoms with E-state index in [4.69, 9.17) is 13.3 Å². The van der Waals surface area contributed by atoms with Crippen molar-refractivity contribution in [3.63, 3.8) is 0 Å². The maximum atomic E-state index is 10.5. The zero-order chi connectivity index (χ0) is 16.9. The molecule has 0 heterocycles. The molecule has 0 saturated carbocycles. The van der Waals surface area contributed by atoms with Crippen molar-refractivity contribution in [1.29, 1.82) is 0 Å². The Morgan fingerprint density at radius 3 is 1.86 bits per heavy atom. The largest absolute Gasteiger partial charge is 0.748 e. The summed E-state index contributed by atoms with van der Waals surface area (Å²) in [5, 5.41) is 2.13. The predicted molar refractivity (Wildman–Crippen MR) is 85.5 cm³/mol. The summed E-state index contributed by atoms with van der Waals surface area (Å²) in [4.78, 5) is 0. The third-order valence-electron chi connectivity index (χ3n) is 3.04. The summed E-state index contributed by atoms with van der Waals surface area (Å²) >= 11 is 0. The van der Waals surface area contributed by atoms with Crippen molar-refractivity contribution >= 4 is 18.9 Å². The Bertz CT molecular complexity index is 349. The Labute approximate surface area is 135 Å². The van der Waals surface area contributed by atoms with E-state index in [1.807, 2.05) is 20.8 Å². The third-order valence-corrected chi connectivity index (χ3v) is 6.98. The normalized spacial score (nSPS) is 12.7. The molecular weight excluding hydrogens is 326 g/mol. The molecule has 2 N–H and O–H groups in total. The fourth-order valence-electron chi connectivity index (χ4n) is 2.18. The molecule has 9 heteroatoms. The quantitative estimate of drug-likeness (QED) is 0.257. The zero-order valence-electron chi connectivity index (χ0n) is 14.0. The summed E-state index contributed by atoms with van der Waals surface area (Å²) in [6.45, 7) is 9.30. The smallest absolute Gasteiger partial charge is 0.501 e. The molecule has 7 nitrogen and oxygen atoms in total. The van der Waals surface area contributed by atoms with E-state index in [0.29, 0.717) is 26.2 Å². The summed E-state index contributed by atoms with van der Waals surface area (Å²) in [5.41, 5.74) is 0. The second-order valence-corrected chi connectivity index (χ2v) is 9.18. The number of nitrogens with two attached hydrogens (primary N) is 1. The van der Waals surface area contributed by atoms with Gasteiger partial charge in [0.1, 0.15) is 0 Å². The van der Waals surface area contributed by atoms with Crippen molar-refractivity contribution in [3.8, 4) is 0 Å². The van der Waals surface area contributed by atoms with E-state index in [-0.39, 0.29) is 5.75 Å². The van der Waals surface area contributed by atoms with Gasteiger partial charge in [0.2, 0.25) is 0 Å². The SMILES string of the molecule is CCO[Si](CCC[NH2+]CCCCS(=O)(=O)[O-])(OCC)OCC. The zero-order valence-corrected chi connectivity index (χ0v) is 15.8. The van der Waals surface area contributed by atoms with Crippen LogP contribution in [-0.4, -0.2) is 60.4 Å². The van der Waals surface area contributed by atoms with Gasteiger partial charge >= 0.3 is 8.80 Å². The van der Waals surface area contributed by atoms with E-state index in [9.17, 15) is 13.0 Å². The standard InChI is InChI=1S/C13H31NO6SSi/c1-4-18-22(19-5-2,20-6-3)13-9-11-14-10-7-8-12-21(15,16)17/h14H,4-13H2,1-3H3,(H,15,16,17). The lowest BCUT2D eigenvalue weighted by atomic mass is 10.3. The molecule has 0 unspecified atom stereocenters. The van der Waals surface area contributed by atoms with Gasteiger partial charge in [0.25, 0.3) is 0 Å². The van der Waals surface area contributed by atoms with Crippen LogP contribution < -0.4 is 5.32 Å². The maximum Gasteiger partial charge on any atom is 0.501 e. The van der Waals surface area contributed by atoms with Gasteiger partial charge in [0, 0.05) is 38.0 Å². The van der Waals surface area contributed by atoms with Gasteiger partial charge in [-0.1, -0.05) is 0 Å². The van der Waals surface area contributed by atoms with Crippen molar-refractivity contribution in [2.45, 2.75) is 46.1 Å². The van der Waals surface area contributed by atoms with Gasteiger partial charge < -0.3 is 23.1 Å². The van der Waals surface area contributed by atoms with Crippen LogP contribution in [0.15, 0.2) is 0 Å². The predicted octanol–water partition coefficient (Wildman–Crippen LogP) is 0.314.